The van der Waals surface area contributed by atoms with Crippen LogP contribution in [0.5, 0.6) is 0 Å². The standard InChI is InChI=1S/C21H21NO5S/c1-3-26-19(23)14-13-18-22-20(15-7-5-4-6-8-15)21(27-18)16-9-11-17(12-10-16)28(2,24)25/h4-12H,3,13-14H2,1-2H3. The zero-order valence-corrected chi connectivity index (χ0v) is 16.5. The molecule has 3 rings (SSSR count). The second-order valence-electron chi connectivity index (χ2n) is 6.25. The summed E-state index contributed by atoms with van der Waals surface area (Å²) in [6, 6.07) is 16.0. The lowest BCUT2D eigenvalue weighted by molar-refractivity contribution is -0.143. The van der Waals surface area contributed by atoms with Crippen LogP contribution in [0.25, 0.3) is 22.6 Å². The maximum absolute atomic E-state index is 11.7. The van der Waals surface area contributed by atoms with Gasteiger partial charge in [-0.2, -0.15) is 0 Å². The van der Waals surface area contributed by atoms with E-state index in [2.05, 4.69) is 4.98 Å². The molecule has 0 radical (unpaired) electrons. The molecule has 0 fully saturated rings. The van der Waals surface area contributed by atoms with E-state index in [0.29, 0.717) is 35.9 Å². The van der Waals surface area contributed by atoms with Crippen LogP contribution in [0.3, 0.4) is 0 Å². The Morgan fingerprint density at radius 2 is 1.71 bits per heavy atom. The smallest absolute Gasteiger partial charge is 0.306 e. The van der Waals surface area contributed by atoms with Gasteiger partial charge in [-0.3, -0.25) is 4.79 Å². The van der Waals surface area contributed by atoms with E-state index in [0.717, 1.165) is 5.56 Å². The van der Waals surface area contributed by atoms with Crippen LogP contribution >= 0.6 is 0 Å². The van der Waals surface area contributed by atoms with Gasteiger partial charge in [-0.1, -0.05) is 30.3 Å². The van der Waals surface area contributed by atoms with E-state index in [1.165, 1.54) is 6.26 Å². The van der Waals surface area contributed by atoms with Gasteiger partial charge >= 0.3 is 5.97 Å². The number of rotatable bonds is 7. The average molecular weight is 399 g/mol. The van der Waals surface area contributed by atoms with Gasteiger partial charge in [0.1, 0.15) is 5.69 Å². The number of hydrogen-bond acceptors (Lipinski definition) is 6. The summed E-state index contributed by atoms with van der Waals surface area (Å²) in [6.45, 7) is 2.09. The lowest BCUT2D eigenvalue weighted by Gasteiger charge is -2.03. The molecular weight excluding hydrogens is 378 g/mol. The van der Waals surface area contributed by atoms with Gasteiger partial charge in [0.2, 0.25) is 0 Å². The SMILES string of the molecule is CCOC(=O)CCc1nc(-c2ccccc2)c(-c2ccc(S(C)(=O)=O)cc2)o1. The molecule has 0 N–H and O–H groups in total. The number of esters is 1. The molecule has 146 valence electrons. The highest BCUT2D eigenvalue weighted by atomic mass is 32.2. The van der Waals surface area contributed by atoms with Crippen LogP contribution < -0.4 is 0 Å². The topological polar surface area (TPSA) is 86.5 Å². The second kappa shape index (κ2) is 8.39. The molecule has 2 aromatic carbocycles. The number of hydrogen-bond donors (Lipinski definition) is 0. The summed E-state index contributed by atoms with van der Waals surface area (Å²) >= 11 is 0. The van der Waals surface area contributed by atoms with Crippen LogP contribution in [-0.2, 0) is 25.8 Å². The Hall–Kier alpha value is -2.93. The van der Waals surface area contributed by atoms with E-state index >= 15 is 0 Å². The van der Waals surface area contributed by atoms with Gasteiger partial charge in [0, 0.05) is 23.8 Å². The van der Waals surface area contributed by atoms with Crippen LogP contribution in [0.2, 0.25) is 0 Å². The van der Waals surface area contributed by atoms with E-state index in [4.69, 9.17) is 9.15 Å². The minimum Gasteiger partial charge on any atom is -0.466 e. The van der Waals surface area contributed by atoms with Crippen molar-refractivity contribution in [3.63, 3.8) is 0 Å². The molecule has 28 heavy (non-hydrogen) atoms. The third-order valence-electron chi connectivity index (χ3n) is 4.11. The van der Waals surface area contributed by atoms with Gasteiger partial charge in [-0.25, -0.2) is 13.4 Å². The van der Waals surface area contributed by atoms with E-state index in [9.17, 15) is 13.2 Å². The molecule has 0 aliphatic carbocycles. The number of aromatic nitrogens is 1. The zero-order valence-electron chi connectivity index (χ0n) is 15.7. The molecule has 1 heterocycles. The van der Waals surface area contributed by atoms with Gasteiger partial charge in [-0.05, 0) is 31.2 Å². The van der Waals surface area contributed by atoms with Crippen molar-refractivity contribution in [1.29, 1.82) is 0 Å². The van der Waals surface area contributed by atoms with Crippen molar-refractivity contribution in [2.45, 2.75) is 24.7 Å². The van der Waals surface area contributed by atoms with E-state index in [-0.39, 0.29) is 17.3 Å². The molecule has 0 saturated heterocycles. The highest BCUT2D eigenvalue weighted by Crippen LogP contribution is 2.33. The molecule has 0 atom stereocenters. The van der Waals surface area contributed by atoms with Crippen molar-refractivity contribution in [2.24, 2.45) is 0 Å². The third kappa shape index (κ3) is 4.67. The van der Waals surface area contributed by atoms with Crippen LogP contribution in [0.15, 0.2) is 63.9 Å². The number of aryl methyl sites for hydroxylation is 1. The summed E-state index contributed by atoms with van der Waals surface area (Å²) in [6.07, 6.45) is 1.66. The fraction of sp³-hybridized carbons (Fsp3) is 0.238. The molecule has 6 nitrogen and oxygen atoms in total. The highest BCUT2D eigenvalue weighted by Gasteiger charge is 2.18. The molecule has 3 aromatic rings. The number of nitrogens with zero attached hydrogens (tertiary/aromatic N) is 1. The summed E-state index contributed by atoms with van der Waals surface area (Å²) in [5.74, 6) is 0.653. The average Bonchev–Trinajstić information content (AvgIpc) is 3.11. The summed E-state index contributed by atoms with van der Waals surface area (Å²) in [7, 11) is -3.28. The summed E-state index contributed by atoms with van der Waals surface area (Å²) in [5, 5.41) is 0. The summed E-state index contributed by atoms with van der Waals surface area (Å²) in [5.41, 5.74) is 2.23. The first-order valence-electron chi connectivity index (χ1n) is 8.89. The molecular formula is C21H21NO5S. The van der Waals surface area contributed by atoms with Crippen molar-refractivity contribution < 1.29 is 22.4 Å². The summed E-state index contributed by atoms with van der Waals surface area (Å²) in [4.78, 5) is 16.4. The minimum absolute atomic E-state index is 0.176. The molecule has 7 heteroatoms. The second-order valence-corrected chi connectivity index (χ2v) is 8.27. The number of oxazole rings is 1. The predicted molar refractivity (Wildman–Crippen MR) is 105 cm³/mol. The number of benzene rings is 2. The lowest BCUT2D eigenvalue weighted by Crippen LogP contribution is -2.05. The number of carbonyl (C=O) groups excluding carboxylic acids is 1. The molecule has 0 spiro atoms. The molecule has 0 bridgehead atoms. The zero-order chi connectivity index (χ0) is 20.1. The minimum atomic E-state index is -3.28. The van der Waals surface area contributed by atoms with Gasteiger partial charge in [-0.15, -0.1) is 0 Å². The first kappa shape index (κ1) is 19.8. The largest absolute Gasteiger partial charge is 0.466 e. The predicted octanol–water partition coefficient (Wildman–Crippen LogP) is 3.91. The maximum atomic E-state index is 11.7. The Kier molecular flexibility index (Phi) is 5.94. The normalized spacial score (nSPS) is 11.4. The molecule has 0 amide bonds. The van der Waals surface area contributed by atoms with Gasteiger partial charge in [0.15, 0.2) is 21.5 Å². The fourth-order valence-corrected chi connectivity index (χ4v) is 3.38. The van der Waals surface area contributed by atoms with Crippen LogP contribution in [0.4, 0.5) is 0 Å². The van der Waals surface area contributed by atoms with Crippen LogP contribution in [-0.4, -0.2) is 32.2 Å². The Balaban J connectivity index is 1.97. The number of carbonyl (C=O) groups is 1. The monoisotopic (exact) mass is 399 g/mol. The van der Waals surface area contributed by atoms with E-state index < -0.39 is 9.84 Å². The van der Waals surface area contributed by atoms with E-state index in [1.807, 2.05) is 30.3 Å². The Morgan fingerprint density at radius 1 is 1.04 bits per heavy atom. The Morgan fingerprint density at radius 3 is 2.32 bits per heavy atom. The van der Waals surface area contributed by atoms with Gasteiger partial charge in [0.05, 0.1) is 17.9 Å². The maximum Gasteiger partial charge on any atom is 0.306 e. The molecule has 0 unspecified atom stereocenters. The number of ether oxygens (including phenoxy) is 1. The van der Waals surface area contributed by atoms with Crippen LogP contribution in [0, 0.1) is 0 Å². The number of sulfone groups is 1. The third-order valence-corrected chi connectivity index (χ3v) is 5.24. The fourth-order valence-electron chi connectivity index (χ4n) is 2.75. The summed E-state index contributed by atoms with van der Waals surface area (Å²) < 4.78 is 34.3. The highest BCUT2D eigenvalue weighted by molar-refractivity contribution is 7.90. The van der Waals surface area contributed by atoms with Crippen LogP contribution in [0.1, 0.15) is 19.2 Å². The van der Waals surface area contributed by atoms with Crippen molar-refractivity contribution in [3.8, 4) is 22.6 Å². The Bertz CT molecular complexity index is 1050. The molecule has 1 aromatic heterocycles. The van der Waals surface area contributed by atoms with E-state index in [1.54, 1.807) is 31.2 Å². The molecule has 0 aliphatic heterocycles. The molecule has 0 aliphatic rings. The van der Waals surface area contributed by atoms with Gasteiger partial charge < -0.3 is 9.15 Å². The first-order valence-corrected chi connectivity index (χ1v) is 10.8. The molecule has 0 saturated carbocycles. The Labute approximate surface area is 164 Å². The first-order chi connectivity index (χ1) is 13.4. The van der Waals surface area contributed by atoms with Crippen molar-refractivity contribution >= 4 is 15.8 Å². The van der Waals surface area contributed by atoms with Crippen molar-refractivity contribution in [2.75, 3.05) is 12.9 Å². The van der Waals surface area contributed by atoms with Crippen molar-refractivity contribution in [1.82, 2.24) is 4.98 Å². The quantitative estimate of drug-likeness (QED) is 0.560. The lowest BCUT2D eigenvalue weighted by atomic mass is 10.1. The van der Waals surface area contributed by atoms with Gasteiger partial charge in [0.25, 0.3) is 0 Å². The van der Waals surface area contributed by atoms with Crippen molar-refractivity contribution in [3.05, 3.63) is 60.5 Å².